The van der Waals surface area contributed by atoms with Gasteiger partial charge >= 0.3 is 23.9 Å². The van der Waals surface area contributed by atoms with Crippen LogP contribution in [0.4, 0.5) is 0 Å². The Labute approximate surface area is 134 Å². The quantitative estimate of drug-likeness (QED) is 0.194. The second-order valence-corrected chi connectivity index (χ2v) is 3.81. The Morgan fingerprint density at radius 3 is 1.91 bits per heavy atom. The van der Waals surface area contributed by atoms with Crippen LogP contribution in [0.25, 0.3) is 0 Å². The first-order valence-electron chi connectivity index (χ1n) is 6.33. The van der Waals surface area contributed by atoms with E-state index in [1.54, 1.807) is 6.92 Å². The molecule has 0 amide bonds. The molecule has 0 rings (SSSR count). The summed E-state index contributed by atoms with van der Waals surface area (Å²) >= 11 is 0. The maximum atomic E-state index is 10.8. The number of hydrogen-bond acceptors (Lipinski definition) is 7. The molecule has 0 bridgehead atoms. The fourth-order valence-corrected chi connectivity index (χ4v) is 0.892. The summed E-state index contributed by atoms with van der Waals surface area (Å²) < 4.78 is 13.2. The molecule has 0 radical (unpaired) electrons. The van der Waals surface area contributed by atoms with E-state index in [1.807, 2.05) is 0 Å². The van der Waals surface area contributed by atoms with Gasteiger partial charge in [-0.15, -0.1) is 0 Å². The zero-order valence-electron chi connectivity index (χ0n) is 13.5. The van der Waals surface area contributed by atoms with Crippen molar-refractivity contribution in [3.8, 4) is 0 Å². The molecule has 0 atom stereocenters. The minimum absolute atomic E-state index is 0.184. The number of allylic oxidation sites excluding steroid dienone is 1. The van der Waals surface area contributed by atoms with Crippen LogP contribution in [0.5, 0.6) is 0 Å². The van der Waals surface area contributed by atoms with Crippen LogP contribution < -0.4 is 0 Å². The van der Waals surface area contributed by atoms with E-state index in [0.717, 1.165) is 0 Å². The van der Waals surface area contributed by atoms with Crippen molar-refractivity contribution in [1.29, 1.82) is 0 Å². The number of carboxylic acids is 1. The van der Waals surface area contributed by atoms with Crippen LogP contribution in [0.2, 0.25) is 0 Å². The molecule has 8 nitrogen and oxygen atoms in total. The van der Waals surface area contributed by atoms with Crippen LogP contribution in [0.3, 0.4) is 0 Å². The number of esters is 3. The molecule has 0 aliphatic carbocycles. The van der Waals surface area contributed by atoms with Gasteiger partial charge in [-0.3, -0.25) is 0 Å². The molecule has 23 heavy (non-hydrogen) atoms. The number of ether oxygens (including phenoxy) is 3. The van der Waals surface area contributed by atoms with Crippen molar-refractivity contribution < 1.29 is 38.5 Å². The van der Waals surface area contributed by atoms with E-state index in [2.05, 4.69) is 27.4 Å². The lowest BCUT2D eigenvalue weighted by atomic mass is 10.2. The summed E-state index contributed by atoms with van der Waals surface area (Å²) in [6, 6.07) is 0. The van der Waals surface area contributed by atoms with Crippen molar-refractivity contribution >= 4 is 23.9 Å². The van der Waals surface area contributed by atoms with Crippen LogP contribution in [0.15, 0.2) is 36.1 Å². The van der Waals surface area contributed by atoms with Crippen molar-refractivity contribution in [1.82, 2.24) is 0 Å². The van der Waals surface area contributed by atoms with Gasteiger partial charge in [-0.25, -0.2) is 19.2 Å². The predicted octanol–water partition coefficient (Wildman–Crippen LogP) is 1.37. The van der Waals surface area contributed by atoms with Gasteiger partial charge in [-0.05, 0) is 27.4 Å². The minimum atomic E-state index is -1.26. The largest absolute Gasteiger partial charge is 0.477 e. The molecular weight excluding hydrogens is 308 g/mol. The summed E-state index contributed by atoms with van der Waals surface area (Å²) in [7, 11) is 1.17. The standard InChI is InChI=1S/C8H10O4.C7H10O4/c1-5(2)7(9)12-6(3)8(10)11-4;1-3-5(6(8)9)7(10)11-4-2/h1,3H2,2,4H3;3H,4H2,1-2H3,(H,8,9). The average Bonchev–Trinajstić information content (AvgIpc) is 2.47. The second kappa shape index (κ2) is 11.7. The van der Waals surface area contributed by atoms with E-state index < -0.39 is 23.9 Å². The normalized spacial score (nSPS) is 9.65. The zero-order chi connectivity index (χ0) is 18.6. The first-order valence-corrected chi connectivity index (χ1v) is 6.33. The third kappa shape index (κ3) is 9.62. The van der Waals surface area contributed by atoms with Crippen LogP contribution in [0.1, 0.15) is 20.8 Å². The van der Waals surface area contributed by atoms with Gasteiger partial charge in [-0.2, -0.15) is 0 Å². The highest BCUT2D eigenvalue weighted by Gasteiger charge is 2.16. The lowest BCUT2D eigenvalue weighted by Crippen LogP contribution is -2.14. The van der Waals surface area contributed by atoms with Gasteiger partial charge in [0.05, 0.1) is 13.7 Å². The molecule has 0 saturated carbocycles. The predicted molar refractivity (Wildman–Crippen MR) is 80.1 cm³/mol. The maximum Gasteiger partial charge on any atom is 0.373 e. The molecule has 0 saturated heterocycles. The number of carbonyl (C=O) groups excluding carboxylic acids is 3. The number of methoxy groups -OCH3 is 1. The Bertz CT molecular complexity index is 528. The van der Waals surface area contributed by atoms with Gasteiger partial charge in [0.15, 0.2) is 0 Å². The Balaban J connectivity index is 0. The Hall–Kier alpha value is -2.90. The molecule has 0 fully saturated rings. The third-order valence-electron chi connectivity index (χ3n) is 1.99. The number of carboxylic acid groups (broad SMARTS) is 1. The van der Waals surface area contributed by atoms with Crippen molar-refractivity contribution in [3.05, 3.63) is 36.1 Å². The lowest BCUT2D eigenvalue weighted by Gasteiger charge is -2.03. The highest BCUT2D eigenvalue weighted by Crippen LogP contribution is 2.01. The van der Waals surface area contributed by atoms with E-state index in [1.165, 1.54) is 27.0 Å². The summed E-state index contributed by atoms with van der Waals surface area (Å²) in [5.74, 6) is -3.85. The SMILES string of the molecule is C=C(C)C(=O)OC(=C)C(=O)OC.CC=C(C(=O)O)C(=O)OCC. The molecule has 0 unspecified atom stereocenters. The third-order valence-corrected chi connectivity index (χ3v) is 1.99. The summed E-state index contributed by atoms with van der Waals surface area (Å²) in [6.45, 7) is 11.3. The number of rotatable bonds is 6. The minimum Gasteiger partial charge on any atom is -0.477 e. The van der Waals surface area contributed by atoms with Crippen molar-refractivity contribution in [2.24, 2.45) is 0 Å². The first kappa shape index (κ1) is 22.4. The molecule has 1 N–H and O–H groups in total. The Kier molecular flexibility index (Phi) is 11.4. The molecule has 0 aromatic carbocycles. The van der Waals surface area contributed by atoms with Gasteiger partial charge in [-0.1, -0.05) is 12.7 Å². The lowest BCUT2D eigenvalue weighted by molar-refractivity contribution is -0.147. The fourth-order valence-electron chi connectivity index (χ4n) is 0.892. The van der Waals surface area contributed by atoms with E-state index >= 15 is 0 Å². The summed E-state index contributed by atoms with van der Waals surface area (Å²) in [6.07, 6.45) is 1.21. The number of carbonyl (C=O) groups is 4. The summed E-state index contributed by atoms with van der Waals surface area (Å²) in [5.41, 5.74) is -0.132. The molecule has 128 valence electrons. The molecule has 0 aromatic heterocycles. The smallest absolute Gasteiger partial charge is 0.373 e. The van der Waals surface area contributed by atoms with Gasteiger partial charge in [0, 0.05) is 5.57 Å². The Morgan fingerprint density at radius 2 is 1.61 bits per heavy atom. The van der Waals surface area contributed by atoms with Crippen LogP contribution in [-0.4, -0.2) is 42.7 Å². The van der Waals surface area contributed by atoms with E-state index in [9.17, 15) is 19.2 Å². The van der Waals surface area contributed by atoms with Crippen molar-refractivity contribution in [3.63, 3.8) is 0 Å². The fraction of sp³-hybridized carbons (Fsp3) is 0.333. The molecule has 8 heteroatoms. The number of hydrogen-bond donors (Lipinski definition) is 1. The van der Waals surface area contributed by atoms with Gasteiger partial charge in [0.25, 0.3) is 0 Å². The van der Waals surface area contributed by atoms with Crippen LogP contribution >= 0.6 is 0 Å². The first-order chi connectivity index (χ1) is 10.6. The molecule has 0 aromatic rings. The van der Waals surface area contributed by atoms with Gasteiger partial charge in [0.2, 0.25) is 5.76 Å². The molecule has 0 aliphatic heterocycles. The van der Waals surface area contributed by atoms with Crippen LogP contribution in [-0.2, 0) is 33.4 Å². The van der Waals surface area contributed by atoms with E-state index in [-0.39, 0.29) is 23.5 Å². The maximum absolute atomic E-state index is 10.8. The highest BCUT2D eigenvalue weighted by molar-refractivity contribution is 6.13. The highest BCUT2D eigenvalue weighted by atomic mass is 16.6. The number of aliphatic carboxylic acids is 1. The monoisotopic (exact) mass is 328 g/mol. The molecular formula is C15H20O8. The molecule has 0 heterocycles. The molecule has 0 aliphatic rings. The topological polar surface area (TPSA) is 116 Å². The Morgan fingerprint density at radius 1 is 1.09 bits per heavy atom. The van der Waals surface area contributed by atoms with Crippen LogP contribution in [0, 0.1) is 0 Å². The average molecular weight is 328 g/mol. The van der Waals surface area contributed by atoms with Crippen molar-refractivity contribution in [2.75, 3.05) is 13.7 Å². The van der Waals surface area contributed by atoms with Crippen molar-refractivity contribution in [2.45, 2.75) is 20.8 Å². The van der Waals surface area contributed by atoms with Gasteiger partial charge in [0.1, 0.15) is 5.57 Å². The van der Waals surface area contributed by atoms with E-state index in [4.69, 9.17) is 5.11 Å². The van der Waals surface area contributed by atoms with Gasteiger partial charge < -0.3 is 19.3 Å². The summed E-state index contributed by atoms with van der Waals surface area (Å²) in [5, 5.41) is 8.40. The summed E-state index contributed by atoms with van der Waals surface area (Å²) in [4.78, 5) is 42.4. The second-order valence-electron chi connectivity index (χ2n) is 3.81. The molecule has 0 spiro atoms. The van der Waals surface area contributed by atoms with E-state index in [0.29, 0.717) is 0 Å². The zero-order valence-corrected chi connectivity index (χ0v) is 13.5.